The fourth-order valence-electron chi connectivity index (χ4n) is 1.79. The van der Waals surface area contributed by atoms with Crippen LogP contribution in [0.2, 0.25) is 0 Å². The Bertz CT molecular complexity index is 485. The number of hydrogen-bond acceptors (Lipinski definition) is 3. The van der Waals surface area contributed by atoms with Crippen LogP contribution in [-0.2, 0) is 6.61 Å². The quantitative estimate of drug-likeness (QED) is 0.749. The van der Waals surface area contributed by atoms with Crippen LogP contribution >= 0.6 is 0 Å². The molecule has 3 nitrogen and oxygen atoms in total. The molecule has 2 aromatic carbocycles. The molecular formula is C16H19NO2. The van der Waals surface area contributed by atoms with Crippen molar-refractivity contribution in [3.63, 3.8) is 0 Å². The second kappa shape index (κ2) is 7.44. The third-order valence-corrected chi connectivity index (χ3v) is 2.77. The Morgan fingerprint density at radius 3 is 2.63 bits per heavy atom. The Morgan fingerprint density at radius 2 is 1.84 bits per heavy atom. The van der Waals surface area contributed by atoms with Crippen LogP contribution in [0.3, 0.4) is 0 Å². The van der Waals surface area contributed by atoms with Crippen LogP contribution in [0, 0.1) is 0 Å². The summed E-state index contributed by atoms with van der Waals surface area (Å²) >= 11 is 0. The molecule has 0 bridgehead atoms. The van der Waals surface area contributed by atoms with E-state index in [0.717, 1.165) is 30.0 Å². The number of anilines is 1. The number of benzene rings is 2. The Hall–Kier alpha value is -2.00. The van der Waals surface area contributed by atoms with E-state index in [0.29, 0.717) is 6.61 Å². The highest BCUT2D eigenvalue weighted by atomic mass is 16.5. The van der Waals surface area contributed by atoms with Crippen molar-refractivity contribution in [1.82, 2.24) is 0 Å². The summed E-state index contributed by atoms with van der Waals surface area (Å²) in [6.45, 7) is 1.62. The first-order valence-corrected chi connectivity index (χ1v) is 6.50. The summed E-state index contributed by atoms with van der Waals surface area (Å²) in [6, 6.07) is 17.6. The number of aliphatic hydroxyl groups is 1. The maximum absolute atomic E-state index is 9.05. The summed E-state index contributed by atoms with van der Waals surface area (Å²) in [4.78, 5) is 0. The zero-order valence-corrected chi connectivity index (χ0v) is 10.9. The minimum absolute atomic E-state index is 0.0760. The van der Waals surface area contributed by atoms with Crippen molar-refractivity contribution in [3.8, 4) is 5.75 Å². The molecule has 19 heavy (non-hydrogen) atoms. The Labute approximate surface area is 113 Å². The van der Waals surface area contributed by atoms with Gasteiger partial charge in [-0.05, 0) is 36.2 Å². The highest BCUT2D eigenvalue weighted by Crippen LogP contribution is 2.11. The first-order chi connectivity index (χ1) is 9.38. The van der Waals surface area contributed by atoms with Crippen LogP contribution in [0.5, 0.6) is 5.75 Å². The predicted molar refractivity (Wildman–Crippen MR) is 77.4 cm³/mol. The van der Waals surface area contributed by atoms with E-state index in [1.807, 2.05) is 54.6 Å². The maximum atomic E-state index is 9.05. The minimum Gasteiger partial charge on any atom is -0.494 e. The molecule has 3 heteroatoms. The maximum Gasteiger partial charge on any atom is 0.119 e. The molecule has 100 valence electrons. The summed E-state index contributed by atoms with van der Waals surface area (Å²) < 4.78 is 5.61. The van der Waals surface area contributed by atoms with Gasteiger partial charge in [0.15, 0.2) is 0 Å². The molecule has 0 saturated heterocycles. The number of aliphatic hydroxyl groups excluding tert-OH is 1. The lowest BCUT2D eigenvalue weighted by atomic mass is 10.2. The average Bonchev–Trinajstić information content (AvgIpc) is 2.48. The molecule has 0 amide bonds. The molecule has 0 saturated carbocycles. The summed E-state index contributed by atoms with van der Waals surface area (Å²) in [5.74, 6) is 0.907. The first-order valence-electron chi connectivity index (χ1n) is 6.50. The number of hydrogen-bond donors (Lipinski definition) is 2. The van der Waals surface area contributed by atoms with E-state index in [1.54, 1.807) is 0 Å². The van der Waals surface area contributed by atoms with Gasteiger partial charge in [0.2, 0.25) is 0 Å². The lowest BCUT2D eigenvalue weighted by Gasteiger charge is -2.09. The van der Waals surface area contributed by atoms with E-state index in [2.05, 4.69) is 5.32 Å². The Kier molecular flexibility index (Phi) is 5.26. The molecule has 0 unspecified atom stereocenters. The van der Waals surface area contributed by atoms with Gasteiger partial charge in [0, 0.05) is 12.2 Å². The van der Waals surface area contributed by atoms with Gasteiger partial charge in [0.25, 0.3) is 0 Å². The van der Waals surface area contributed by atoms with Crippen molar-refractivity contribution in [3.05, 3.63) is 60.2 Å². The van der Waals surface area contributed by atoms with Crippen LogP contribution in [0.4, 0.5) is 5.69 Å². The van der Waals surface area contributed by atoms with Crippen LogP contribution in [0.25, 0.3) is 0 Å². The zero-order valence-electron chi connectivity index (χ0n) is 10.9. The molecule has 0 aliphatic rings. The van der Waals surface area contributed by atoms with Crippen molar-refractivity contribution >= 4 is 5.69 Å². The van der Waals surface area contributed by atoms with Crippen molar-refractivity contribution in [2.75, 3.05) is 18.5 Å². The van der Waals surface area contributed by atoms with Crippen molar-refractivity contribution < 1.29 is 9.84 Å². The van der Waals surface area contributed by atoms with Gasteiger partial charge in [-0.3, -0.25) is 0 Å². The van der Waals surface area contributed by atoms with Gasteiger partial charge in [-0.25, -0.2) is 0 Å². The molecule has 0 atom stereocenters. The minimum atomic E-state index is 0.0760. The second-order valence-corrected chi connectivity index (χ2v) is 4.30. The average molecular weight is 257 g/mol. The van der Waals surface area contributed by atoms with Crippen LogP contribution in [-0.4, -0.2) is 18.3 Å². The van der Waals surface area contributed by atoms with Gasteiger partial charge in [-0.15, -0.1) is 0 Å². The molecule has 0 radical (unpaired) electrons. The molecule has 2 rings (SSSR count). The highest BCUT2D eigenvalue weighted by Gasteiger charge is 1.95. The molecule has 2 aromatic rings. The van der Waals surface area contributed by atoms with E-state index in [-0.39, 0.29) is 6.61 Å². The zero-order chi connectivity index (χ0) is 13.3. The molecule has 0 spiro atoms. The van der Waals surface area contributed by atoms with Gasteiger partial charge in [-0.1, -0.05) is 30.3 Å². The third kappa shape index (κ3) is 4.64. The number of para-hydroxylation sites is 1. The Morgan fingerprint density at radius 1 is 1.00 bits per heavy atom. The molecular weight excluding hydrogens is 238 g/mol. The highest BCUT2D eigenvalue weighted by molar-refractivity contribution is 5.45. The molecule has 0 heterocycles. The van der Waals surface area contributed by atoms with Crippen molar-refractivity contribution in [1.29, 1.82) is 0 Å². The van der Waals surface area contributed by atoms with E-state index in [1.165, 1.54) is 0 Å². The lowest BCUT2D eigenvalue weighted by molar-refractivity contribution is 0.282. The monoisotopic (exact) mass is 257 g/mol. The van der Waals surface area contributed by atoms with E-state index >= 15 is 0 Å². The fourth-order valence-corrected chi connectivity index (χ4v) is 1.79. The topological polar surface area (TPSA) is 41.5 Å². The number of rotatable bonds is 7. The van der Waals surface area contributed by atoms with Crippen LogP contribution in [0.15, 0.2) is 54.6 Å². The normalized spacial score (nSPS) is 10.2. The fraction of sp³-hybridized carbons (Fsp3) is 0.250. The molecule has 0 aromatic heterocycles. The second-order valence-electron chi connectivity index (χ2n) is 4.30. The third-order valence-electron chi connectivity index (χ3n) is 2.77. The lowest BCUT2D eigenvalue weighted by Crippen LogP contribution is -2.07. The van der Waals surface area contributed by atoms with Gasteiger partial charge < -0.3 is 15.2 Å². The molecule has 0 fully saturated rings. The summed E-state index contributed by atoms with van der Waals surface area (Å²) in [5, 5.41) is 12.4. The first kappa shape index (κ1) is 13.4. The summed E-state index contributed by atoms with van der Waals surface area (Å²) in [7, 11) is 0. The van der Waals surface area contributed by atoms with Gasteiger partial charge >= 0.3 is 0 Å². The SMILES string of the molecule is OCc1cccc(NCCCOc2ccccc2)c1. The summed E-state index contributed by atoms with van der Waals surface area (Å²) in [6.07, 6.45) is 0.929. The van der Waals surface area contributed by atoms with Crippen LogP contribution < -0.4 is 10.1 Å². The van der Waals surface area contributed by atoms with E-state index < -0.39 is 0 Å². The number of nitrogens with one attached hydrogen (secondary N) is 1. The summed E-state index contributed by atoms with van der Waals surface area (Å²) in [5.41, 5.74) is 1.96. The molecule has 2 N–H and O–H groups in total. The van der Waals surface area contributed by atoms with Gasteiger partial charge in [0.05, 0.1) is 13.2 Å². The largest absolute Gasteiger partial charge is 0.494 e. The van der Waals surface area contributed by atoms with Crippen molar-refractivity contribution in [2.45, 2.75) is 13.0 Å². The van der Waals surface area contributed by atoms with E-state index in [4.69, 9.17) is 9.84 Å². The van der Waals surface area contributed by atoms with E-state index in [9.17, 15) is 0 Å². The van der Waals surface area contributed by atoms with Crippen LogP contribution in [0.1, 0.15) is 12.0 Å². The molecule has 0 aliphatic heterocycles. The number of ether oxygens (including phenoxy) is 1. The Balaban J connectivity index is 1.66. The van der Waals surface area contributed by atoms with Gasteiger partial charge in [0.1, 0.15) is 5.75 Å². The predicted octanol–water partition coefficient (Wildman–Crippen LogP) is 3.06. The van der Waals surface area contributed by atoms with Crippen molar-refractivity contribution in [2.24, 2.45) is 0 Å². The standard InChI is InChI=1S/C16H19NO2/c18-13-14-6-4-7-15(12-14)17-10-5-11-19-16-8-2-1-3-9-16/h1-4,6-9,12,17-18H,5,10-11,13H2. The molecule has 0 aliphatic carbocycles. The smallest absolute Gasteiger partial charge is 0.119 e. The van der Waals surface area contributed by atoms with Gasteiger partial charge in [-0.2, -0.15) is 0 Å².